The molecule has 0 bridgehead atoms. The molecule has 0 aromatic rings. The second kappa shape index (κ2) is 5.31. The topological polar surface area (TPSA) is 92.4 Å². The van der Waals surface area contributed by atoms with Crippen molar-refractivity contribution in [2.45, 2.75) is 12.5 Å². The molecule has 5 nitrogen and oxygen atoms in total. The number of aliphatic hydroxyl groups is 1. The van der Waals surface area contributed by atoms with Gasteiger partial charge in [0.15, 0.2) is 0 Å². The highest BCUT2D eigenvalue weighted by molar-refractivity contribution is 5.86. The summed E-state index contributed by atoms with van der Waals surface area (Å²) in [4.78, 5) is 21.1. The van der Waals surface area contributed by atoms with E-state index in [1.807, 2.05) is 0 Å². The van der Waals surface area contributed by atoms with Gasteiger partial charge in [-0.05, 0) is 0 Å². The number of hydrogen-bond donors (Lipinski definition) is 3. The number of carbonyl (C=O) groups excluding carboxylic acids is 2. The highest BCUT2D eigenvalue weighted by atomic mass is 16.3. The summed E-state index contributed by atoms with van der Waals surface area (Å²) in [6.07, 6.45) is -0.215. The zero-order valence-electron chi connectivity index (χ0n) is 6.62. The molecule has 0 saturated carbocycles. The standard InChI is InChI=1S/C7H12N2O3/c1-2-3-9-6(11)4-5(10)7(8)12/h2,5,10H,1,3-4H2,(H2,8,12)(H,9,11)/t5-/m1/s1. The van der Waals surface area contributed by atoms with Crippen molar-refractivity contribution < 1.29 is 14.7 Å². The molecule has 0 rings (SSSR count). The van der Waals surface area contributed by atoms with Crippen LogP contribution in [0.25, 0.3) is 0 Å². The van der Waals surface area contributed by atoms with Gasteiger partial charge in [0.25, 0.3) is 0 Å². The van der Waals surface area contributed by atoms with Crippen molar-refractivity contribution in [2.75, 3.05) is 6.54 Å². The van der Waals surface area contributed by atoms with E-state index in [0.717, 1.165) is 0 Å². The van der Waals surface area contributed by atoms with E-state index in [1.54, 1.807) is 0 Å². The summed E-state index contributed by atoms with van der Waals surface area (Å²) < 4.78 is 0. The van der Waals surface area contributed by atoms with Crippen LogP contribution in [0, 0.1) is 0 Å². The van der Waals surface area contributed by atoms with E-state index in [9.17, 15) is 9.59 Å². The van der Waals surface area contributed by atoms with E-state index >= 15 is 0 Å². The zero-order chi connectivity index (χ0) is 9.56. The average Bonchev–Trinajstić information content (AvgIpc) is 2.00. The lowest BCUT2D eigenvalue weighted by atomic mass is 10.2. The van der Waals surface area contributed by atoms with E-state index in [4.69, 9.17) is 10.8 Å². The van der Waals surface area contributed by atoms with Crippen LogP contribution in [-0.4, -0.2) is 29.6 Å². The molecule has 5 heteroatoms. The molecule has 0 unspecified atom stereocenters. The average molecular weight is 172 g/mol. The first-order valence-corrected chi connectivity index (χ1v) is 3.43. The summed E-state index contributed by atoms with van der Waals surface area (Å²) in [5, 5.41) is 11.2. The van der Waals surface area contributed by atoms with Gasteiger partial charge in [-0.3, -0.25) is 9.59 Å². The molecule has 1 atom stereocenters. The van der Waals surface area contributed by atoms with Crippen LogP contribution < -0.4 is 11.1 Å². The number of aliphatic hydroxyl groups excluding tert-OH is 1. The van der Waals surface area contributed by atoms with Crippen LogP contribution in [0.1, 0.15) is 6.42 Å². The van der Waals surface area contributed by atoms with Crippen LogP contribution in [-0.2, 0) is 9.59 Å². The molecule has 0 heterocycles. The van der Waals surface area contributed by atoms with Crippen LogP contribution >= 0.6 is 0 Å². The quantitative estimate of drug-likeness (QED) is 0.442. The normalized spacial score (nSPS) is 11.8. The Morgan fingerprint density at radius 3 is 2.67 bits per heavy atom. The van der Waals surface area contributed by atoms with Crippen molar-refractivity contribution in [3.63, 3.8) is 0 Å². The van der Waals surface area contributed by atoms with E-state index in [2.05, 4.69) is 11.9 Å². The summed E-state index contributed by atoms with van der Waals surface area (Å²) in [5.74, 6) is -1.33. The summed E-state index contributed by atoms with van der Waals surface area (Å²) in [6, 6.07) is 0. The Morgan fingerprint density at radius 2 is 2.25 bits per heavy atom. The second-order valence-corrected chi connectivity index (χ2v) is 2.22. The Balaban J connectivity index is 3.68. The summed E-state index contributed by atoms with van der Waals surface area (Å²) >= 11 is 0. The zero-order valence-corrected chi connectivity index (χ0v) is 6.62. The Hall–Kier alpha value is -1.36. The van der Waals surface area contributed by atoms with Gasteiger partial charge in [-0.25, -0.2) is 0 Å². The fourth-order valence-electron chi connectivity index (χ4n) is 0.534. The van der Waals surface area contributed by atoms with E-state index in [-0.39, 0.29) is 6.42 Å². The first-order valence-electron chi connectivity index (χ1n) is 3.43. The smallest absolute Gasteiger partial charge is 0.246 e. The molecule has 0 aromatic heterocycles. The lowest BCUT2D eigenvalue weighted by Crippen LogP contribution is -2.34. The van der Waals surface area contributed by atoms with Crippen molar-refractivity contribution in [2.24, 2.45) is 5.73 Å². The highest BCUT2D eigenvalue weighted by Gasteiger charge is 2.14. The number of primary amides is 1. The molecule has 0 aromatic carbocycles. The monoisotopic (exact) mass is 172 g/mol. The molecular weight excluding hydrogens is 160 g/mol. The van der Waals surface area contributed by atoms with Crippen molar-refractivity contribution >= 4 is 11.8 Å². The van der Waals surface area contributed by atoms with Gasteiger partial charge in [0.1, 0.15) is 6.10 Å². The van der Waals surface area contributed by atoms with Gasteiger partial charge in [-0.1, -0.05) is 6.08 Å². The minimum Gasteiger partial charge on any atom is -0.383 e. The number of carbonyl (C=O) groups is 2. The van der Waals surface area contributed by atoms with Crippen LogP contribution in [0.4, 0.5) is 0 Å². The second-order valence-electron chi connectivity index (χ2n) is 2.22. The third-order valence-corrected chi connectivity index (χ3v) is 1.15. The number of amides is 2. The molecule has 0 spiro atoms. The number of nitrogens with two attached hydrogens (primary N) is 1. The maximum atomic E-state index is 10.8. The molecule has 4 N–H and O–H groups in total. The third kappa shape index (κ3) is 4.45. The van der Waals surface area contributed by atoms with Crippen LogP contribution in [0.3, 0.4) is 0 Å². The molecule has 2 amide bonds. The Morgan fingerprint density at radius 1 is 1.67 bits per heavy atom. The van der Waals surface area contributed by atoms with Crippen LogP contribution in [0.2, 0.25) is 0 Å². The first kappa shape index (κ1) is 10.6. The van der Waals surface area contributed by atoms with Crippen LogP contribution in [0.5, 0.6) is 0 Å². The third-order valence-electron chi connectivity index (χ3n) is 1.15. The van der Waals surface area contributed by atoms with Crippen LogP contribution in [0.15, 0.2) is 12.7 Å². The molecular formula is C7H12N2O3. The minimum absolute atomic E-state index is 0.302. The SMILES string of the molecule is C=CCNC(=O)C[C@@H](O)C(N)=O. The molecule has 0 aliphatic heterocycles. The van der Waals surface area contributed by atoms with E-state index in [1.165, 1.54) is 6.08 Å². The van der Waals surface area contributed by atoms with Gasteiger partial charge < -0.3 is 16.2 Å². The van der Waals surface area contributed by atoms with Gasteiger partial charge in [0.2, 0.25) is 11.8 Å². The van der Waals surface area contributed by atoms with Gasteiger partial charge >= 0.3 is 0 Å². The largest absolute Gasteiger partial charge is 0.383 e. The minimum atomic E-state index is -1.41. The first-order chi connectivity index (χ1) is 5.57. The number of hydrogen-bond acceptors (Lipinski definition) is 3. The molecule has 68 valence electrons. The predicted molar refractivity (Wildman–Crippen MR) is 43.0 cm³/mol. The summed E-state index contributed by atoms with van der Waals surface area (Å²) in [5.41, 5.74) is 4.72. The van der Waals surface area contributed by atoms with Crippen molar-refractivity contribution in [3.8, 4) is 0 Å². The molecule has 0 aliphatic carbocycles. The maximum Gasteiger partial charge on any atom is 0.246 e. The van der Waals surface area contributed by atoms with Gasteiger partial charge in [-0.2, -0.15) is 0 Å². The Labute approximate surface area is 70.2 Å². The predicted octanol–water partition coefficient (Wildman–Crippen LogP) is -1.48. The Bertz CT molecular complexity index is 191. The fourth-order valence-corrected chi connectivity index (χ4v) is 0.534. The molecule has 12 heavy (non-hydrogen) atoms. The maximum absolute atomic E-state index is 10.8. The summed E-state index contributed by atoms with van der Waals surface area (Å²) in [7, 11) is 0. The van der Waals surface area contributed by atoms with Gasteiger partial charge in [0.05, 0.1) is 6.42 Å². The summed E-state index contributed by atoms with van der Waals surface area (Å²) in [6.45, 7) is 3.69. The Kier molecular flexibility index (Phi) is 4.71. The lowest BCUT2D eigenvalue weighted by molar-refractivity contribution is -0.132. The molecule has 0 fully saturated rings. The fraction of sp³-hybridized carbons (Fsp3) is 0.429. The van der Waals surface area contributed by atoms with Crippen molar-refractivity contribution in [3.05, 3.63) is 12.7 Å². The van der Waals surface area contributed by atoms with Gasteiger partial charge in [-0.15, -0.1) is 6.58 Å². The molecule has 0 radical (unpaired) electrons. The van der Waals surface area contributed by atoms with E-state index in [0.29, 0.717) is 6.54 Å². The number of nitrogens with one attached hydrogen (secondary N) is 1. The highest BCUT2D eigenvalue weighted by Crippen LogP contribution is 1.89. The van der Waals surface area contributed by atoms with Gasteiger partial charge in [0, 0.05) is 6.54 Å². The van der Waals surface area contributed by atoms with Crippen molar-refractivity contribution in [1.82, 2.24) is 5.32 Å². The van der Waals surface area contributed by atoms with Crippen molar-refractivity contribution in [1.29, 1.82) is 0 Å². The number of rotatable bonds is 5. The lowest BCUT2D eigenvalue weighted by Gasteiger charge is -2.05. The molecule has 0 saturated heterocycles. The molecule has 0 aliphatic rings. The van der Waals surface area contributed by atoms with E-state index < -0.39 is 17.9 Å².